The van der Waals surface area contributed by atoms with Crippen molar-refractivity contribution in [1.82, 2.24) is 0 Å². The molecule has 0 aromatic heterocycles. The minimum absolute atomic E-state index is 0.538. The standard InChI is InChI=1S/C17H18N2O/c1-2-9-17(20)11-19(12-17)16-8-7-13(10-18)14-5-3-4-6-15(14)16/h3-8,20H,2,9,11-12H2,1H3. The first kappa shape index (κ1) is 13.0. The van der Waals surface area contributed by atoms with Crippen molar-refractivity contribution >= 4 is 16.5 Å². The summed E-state index contributed by atoms with van der Waals surface area (Å²) < 4.78 is 0. The van der Waals surface area contributed by atoms with Crippen LogP contribution in [0.2, 0.25) is 0 Å². The predicted molar refractivity (Wildman–Crippen MR) is 80.7 cm³/mol. The van der Waals surface area contributed by atoms with E-state index < -0.39 is 5.60 Å². The normalized spacial score (nSPS) is 16.8. The number of hydrogen-bond donors (Lipinski definition) is 1. The molecule has 0 spiro atoms. The largest absolute Gasteiger partial charge is 0.386 e. The van der Waals surface area contributed by atoms with Gasteiger partial charge in [-0.25, -0.2) is 0 Å². The van der Waals surface area contributed by atoms with Gasteiger partial charge < -0.3 is 10.0 Å². The van der Waals surface area contributed by atoms with Gasteiger partial charge in [0.05, 0.1) is 17.2 Å². The van der Waals surface area contributed by atoms with Crippen LogP contribution in [0.25, 0.3) is 10.8 Å². The zero-order chi connectivity index (χ0) is 14.2. The number of anilines is 1. The molecule has 0 bridgehead atoms. The van der Waals surface area contributed by atoms with Crippen molar-refractivity contribution in [3.8, 4) is 6.07 Å². The Bertz CT molecular complexity index is 681. The summed E-state index contributed by atoms with van der Waals surface area (Å²) in [6.07, 6.45) is 1.84. The molecule has 3 heteroatoms. The summed E-state index contributed by atoms with van der Waals surface area (Å²) >= 11 is 0. The SMILES string of the molecule is CCCC1(O)CN(c2ccc(C#N)c3ccccc23)C1. The van der Waals surface area contributed by atoms with E-state index in [-0.39, 0.29) is 0 Å². The molecule has 0 aliphatic carbocycles. The third-order valence-corrected chi connectivity index (χ3v) is 4.05. The van der Waals surface area contributed by atoms with Gasteiger partial charge in [-0.2, -0.15) is 5.26 Å². The first-order chi connectivity index (χ1) is 9.67. The van der Waals surface area contributed by atoms with Gasteiger partial charge in [-0.1, -0.05) is 37.6 Å². The molecule has 2 aromatic carbocycles. The zero-order valence-corrected chi connectivity index (χ0v) is 11.6. The number of fused-ring (bicyclic) bond motifs is 1. The summed E-state index contributed by atoms with van der Waals surface area (Å²) in [5, 5.41) is 21.6. The Balaban J connectivity index is 1.97. The highest BCUT2D eigenvalue weighted by molar-refractivity contribution is 5.98. The Morgan fingerprint density at radius 3 is 2.55 bits per heavy atom. The Morgan fingerprint density at radius 1 is 1.20 bits per heavy atom. The van der Waals surface area contributed by atoms with E-state index in [1.807, 2.05) is 36.4 Å². The van der Waals surface area contributed by atoms with Crippen LogP contribution < -0.4 is 4.90 Å². The minimum Gasteiger partial charge on any atom is -0.386 e. The number of rotatable bonds is 3. The van der Waals surface area contributed by atoms with E-state index in [1.165, 1.54) is 0 Å². The zero-order valence-electron chi connectivity index (χ0n) is 11.6. The molecule has 3 rings (SSSR count). The van der Waals surface area contributed by atoms with Crippen LogP contribution in [0.1, 0.15) is 25.3 Å². The second-order valence-corrected chi connectivity index (χ2v) is 5.62. The summed E-state index contributed by atoms with van der Waals surface area (Å²) in [5.74, 6) is 0. The lowest BCUT2D eigenvalue weighted by atomic mass is 9.88. The molecule has 0 atom stereocenters. The molecule has 20 heavy (non-hydrogen) atoms. The fourth-order valence-electron chi connectivity index (χ4n) is 3.11. The average molecular weight is 266 g/mol. The molecule has 0 radical (unpaired) electrons. The molecule has 0 unspecified atom stereocenters. The van der Waals surface area contributed by atoms with Crippen LogP contribution in [0, 0.1) is 11.3 Å². The minimum atomic E-state index is -0.538. The lowest BCUT2D eigenvalue weighted by Gasteiger charge is -2.48. The maximum atomic E-state index is 10.3. The molecular formula is C17H18N2O. The summed E-state index contributed by atoms with van der Waals surface area (Å²) in [5.41, 5.74) is 1.28. The molecule has 0 amide bonds. The van der Waals surface area contributed by atoms with Crippen molar-refractivity contribution in [2.75, 3.05) is 18.0 Å². The lowest BCUT2D eigenvalue weighted by Crippen LogP contribution is -2.62. The maximum Gasteiger partial charge on any atom is 0.0998 e. The van der Waals surface area contributed by atoms with Crippen LogP contribution in [-0.2, 0) is 0 Å². The molecule has 1 fully saturated rings. The summed E-state index contributed by atoms with van der Waals surface area (Å²) in [6, 6.07) is 14.1. The Hall–Kier alpha value is -2.05. The fourth-order valence-corrected chi connectivity index (χ4v) is 3.11. The van der Waals surface area contributed by atoms with Crippen molar-refractivity contribution in [2.24, 2.45) is 0 Å². The topological polar surface area (TPSA) is 47.3 Å². The molecule has 3 nitrogen and oxygen atoms in total. The first-order valence-electron chi connectivity index (χ1n) is 7.06. The van der Waals surface area contributed by atoms with Crippen molar-refractivity contribution in [3.05, 3.63) is 42.0 Å². The molecule has 0 saturated carbocycles. The third-order valence-electron chi connectivity index (χ3n) is 4.05. The average Bonchev–Trinajstić information content (AvgIpc) is 2.44. The molecule has 1 saturated heterocycles. The van der Waals surface area contributed by atoms with Gasteiger partial charge in [-0.05, 0) is 18.6 Å². The Kier molecular flexibility index (Phi) is 3.11. The first-order valence-corrected chi connectivity index (χ1v) is 7.06. The molecule has 102 valence electrons. The molecule has 1 N–H and O–H groups in total. The number of aliphatic hydroxyl groups is 1. The van der Waals surface area contributed by atoms with Crippen LogP contribution in [0.3, 0.4) is 0 Å². The van der Waals surface area contributed by atoms with E-state index in [0.717, 1.165) is 29.3 Å². The Labute approximate surface area is 119 Å². The molecular weight excluding hydrogens is 248 g/mol. The fraction of sp³-hybridized carbons (Fsp3) is 0.353. The van der Waals surface area contributed by atoms with Crippen LogP contribution in [0.4, 0.5) is 5.69 Å². The highest BCUT2D eigenvalue weighted by Gasteiger charge is 2.40. The number of hydrogen-bond acceptors (Lipinski definition) is 3. The van der Waals surface area contributed by atoms with Crippen molar-refractivity contribution in [2.45, 2.75) is 25.4 Å². The smallest absolute Gasteiger partial charge is 0.0998 e. The Morgan fingerprint density at radius 2 is 1.90 bits per heavy atom. The second-order valence-electron chi connectivity index (χ2n) is 5.62. The summed E-state index contributed by atoms with van der Waals surface area (Å²) in [6.45, 7) is 3.45. The quantitative estimate of drug-likeness (QED) is 0.928. The van der Waals surface area contributed by atoms with Gasteiger partial charge in [-0.3, -0.25) is 0 Å². The third kappa shape index (κ3) is 2.03. The van der Waals surface area contributed by atoms with Gasteiger partial charge in [0.25, 0.3) is 0 Å². The number of benzene rings is 2. The second kappa shape index (κ2) is 4.81. The van der Waals surface area contributed by atoms with Crippen molar-refractivity contribution in [1.29, 1.82) is 5.26 Å². The monoisotopic (exact) mass is 266 g/mol. The van der Waals surface area contributed by atoms with Gasteiger partial charge in [0, 0.05) is 29.5 Å². The van der Waals surface area contributed by atoms with E-state index in [9.17, 15) is 10.4 Å². The van der Waals surface area contributed by atoms with E-state index in [4.69, 9.17) is 0 Å². The van der Waals surface area contributed by atoms with Crippen LogP contribution in [-0.4, -0.2) is 23.8 Å². The van der Waals surface area contributed by atoms with Crippen LogP contribution >= 0.6 is 0 Å². The van der Waals surface area contributed by atoms with E-state index in [1.54, 1.807) is 0 Å². The van der Waals surface area contributed by atoms with E-state index in [0.29, 0.717) is 18.7 Å². The van der Waals surface area contributed by atoms with Crippen molar-refractivity contribution in [3.63, 3.8) is 0 Å². The van der Waals surface area contributed by atoms with Gasteiger partial charge in [0.15, 0.2) is 0 Å². The van der Waals surface area contributed by atoms with Crippen LogP contribution in [0.5, 0.6) is 0 Å². The summed E-state index contributed by atoms with van der Waals surface area (Å²) in [7, 11) is 0. The van der Waals surface area contributed by atoms with Gasteiger partial charge in [-0.15, -0.1) is 0 Å². The van der Waals surface area contributed by atoms with Crippen LogP contribution in [0.15, 0.2) is 36.4 Å². The van der Waals surface area contributed by atoms with E-state index in [2.05, 4.69) is 17.9 Å². The number of nitrogens with zero attached hydrogens (tertiary/aromatic N) is 2. The predicted octanol–water partition coefficient (Wildman–Crippen LogP) is 3.06. The maximum absolute atomic E-state index is 10.3. The number of β-amino-alcohol motifs (C(OH)–C–C–N with tert-alkyl or cyclic N) is 1. The van der Waals surface area contributed by atoms with E-state index >= 15 is 0 Å². The molecule has 1 heterocycles. The summed E-state index contributed by atoms with van der Waals surface area (Å²) in [4.78, 5) is 2.19. The molecule has 1 aliphatic heterocycles. The highest BCUT2D eigenvalue weighted by atomic mass is 16.3. The van der Waals surface area contributed by atoms with Gasteiger partial charge in [0.1, 0.15) is 0 Å². The highest BCUT2D eigenvalue weighted by Crippen LogP contribution is 2.36. The van der Waals surface area contributed by atoms with Crippen molar-refractivity contribution < 1.29 is 5.11 Å². The van der Waals surface area contributed by atoms with Gasteiger partial charge >= 0.3 is 0 Å². The number of nitriles is 1. The van der Waals surface area contributed by atoms with Gasteiger partial charge in [0.2, 0.25) is 0 Å². The lowest BCUT2D eigenvalue weighted by molar-refractivity contribution is 0.00356. The molecule has 2 aromatic rings. The molecule has 1 aliphatic rings.